The second kappa shape index (κ2) is 24.7. The molecule has 0 amide bonds. The summed E-state index contributed by atoms with van der Waals surface area (Å²) < 4.78 is 27.0. The number of carbonyl (C=O) groups excluding carboxylic acids is 2. The molecule has 1 unspecified atom stereocenters. The highest BCUT2D eigenvalue weighted by Crippen LogP contribution is 2.39. The number of aliphatic hydroxyl groups excluding tert-OH is 2. The Morgan fingerprint density at radius 3 is 2.33 bits per heavy atom. The number of aromatic nitrogens is 3. The maximum absolute atomic E-state index is 14.4. The summed E-state index contributed by atoms with van der Waals surface area (Å²) in [4.78, 5) is 48.6. The van der Waals surface area contributed by atoms with Crippen LogP contribution < -0.4 is 5.48 Å². The standard InChI is InChI=1S/C47H79N7O12/c1-13-47(59)34(7)65-44(58)33(6)40(55)32(5)43(46(8,62-12)27-29(2)39(31(4)42(47)57)49-63-25-24-51(9)10)66-45-41(56)38(26-30(3)64-45)52(11)23-21-36-28-53(50-48-36)22-15-14-16-35-17-19-37(20-18-35)54(60)61/h17-20,28-34,38-39,41-43,45,49,56-57,59H,13-16,21-27H2,1-12H3/t29-,30-,31-,32+,33-,34-,38+,39-,41-,42+,43-,45+,46-,47?/m1/s1. The predicted molar refractivity (Wildman–Crippen MR) is 246 cm³/mol. The van der Waals surface area contributed by atoms with Crippen molar-refractivity contribution in [3.8, 4) is 0 Å². The van der Waals surface area contributed by atoms with Gasteiger partial charge < -0.3 is 48.9 Å². The lowest BCUT2D eigenvalue weighted by atomic mass is 9.72. The van der Waals surface area contributed by atoms with Crippen LogP contribution in [0.3, 0.4) is 0 Å². The number of cyclic esters (lactones) is 1. The molecule has 374 valence electrons. The molecule has 4 rings (SSSR count). The van der Waals surface area contributed by atoms with E-state index in [-0.39, 0.29) is 30.6 Å². The number of nitrogens with zero attached hydrogens (tertiary/aromatic N) is 6. The van der Waals surface area contributed by atoms with Gasteiger partial charge in [-0.15, -0.1) is 5.10 Å². The topological polar surface area (TPSA) is 233 Å². The minimum atomic E-state index is -1.85. The molecule has 2 aliphatic rings. The summed E-state index contributed by atoms with van der Waals surface area (Å²) >= 11 is 0. The molecule has 1 aromatic carbocycles. The van der Waals surface area contributed by atoms with Crippen molar-refractivity contribution >= 4 is 17.4 Å². The van der Waals surface area contributed by atoms with E-state index in [2.05, 4.69) is 20.7 Å². The highest BCUT2D eigenvalue weighted by atomic mass is 16.7. The van der Waals surface area contributed by atoms with Crippen LogP contribution in [0.2, 0.25) is 0 Å². The number of nitro benzene ring substituents is 1. The minimum absolute atomic E-state index is 0.0659. The third-order valence-corrected chi connectivity index (χ3v) is 14.1. The van der Waals surface area contributed by atoms with E-state index in [9.17, 15) is 35.0 Å². The lowest BCUT2D eigenvalue weighted by molar-refractivity contribution is -0.384. The Kier molecular flexibility index (Phi) is 20.6. The van der Waals surface area contributed by atoms with Crippen LogP contribution in [0.4, 0.5) is 5.69 Å². The van der Waals surface area contributed by atoms with Crippen LogP contribution in [0.5, 0.6) is 0 Å². The van der Waals surface area contributed by atoms with Crippen molar-refractivity contribution in [3.63, 3.8) is 0 Å². The zero-order valence-electron chi connectivity index (χ0n) is 41.3. The van der Waals surface area contributed by atoms with Gasteiger partial charge in [0, 0.05) is 75.4 Å². The number of carbonyl (C=O) groups is 2. The molecule has 2 aliphatic heterocycles. The molecule has 0 aliphatic carbocycles. The van der Waals surface area contributed by atoms with E-state index >= 15 is 0 Å². The molecule has 4 N–H and O–H groups in total. The normalized spacial score (nSPS) is 34.1. The molecule has 1 aromatic heterocycles. The zero-order chi connectivity index (χ0) is 49.1. The molecule has 66 heavy (non-hydrogen) atoms. The van der Waals surface area contributed by atoms with Gasteiger partial charge >= 0.3 is 5.97 Å². The van der Waals surface area contributed by atoms with Crippen LogP contribution >= 0.6 is 0 Å². The van der Waals surface area contributed by atoms with E-state index in [0.717, 1.165) is 30.5 Å². The fourth-order valence-corrected chi connectivity index (χ4v) is 9.55. The molecular formula is C47H79N7O12. The Bertz CT molecular complexity index is 1840. The third-order valence-electron chi connectivity index (χ3n) is 14.1. The average Bonchev–Trinajstić information content (AvgIpc) is 3.75. The highest BCUT2D eigenvalue weighted by Gasteiger charge is 2.52. The van der Waals surface area contributed by atoms with Gasteiger partial charge in [-0.25, -0.2) is 0 Å². The third kappa shape index (κ3) is 14.0. The maximum atomic E-state index is 14.4. The number of rotatable bonds is 19. The molecule has 0 saturated carbocycles. The van der Waals surface area contributed by atoms with Crippen molar-refractivity contribution in [1.82, 2.24) is 30.3 Å². The fraction of sp³-hybridized carbons (Fsp3) is 0.787. The number of ether oxygens (including phenoxy) is 4. The molecular weight excluding hydrogens is 855 g/mol. The van der Waals surface area contributed by atoms with Gasteiger partial charge in [0.1, 0.15) is 23.7 Å². The Morgan fingerprint density at radius 1 is 1.03 bits per heavy atom. The molecule has 2 fully saturated rings. The first kappa shape index (κ1) is 55.1. The molecule has 19 heteroatoms. The Labute approximate surface area is 390 Å². The first-order valence-electron chi connectivity index (χ1n) is 23.6. The zero-order valence-corrected chi connectivity index (χ0v) is 41.3. The van der Waals surface area contributed by atoms with Crippen molar-refractivity contribution in [2.45, 2.75) is 167 Å². The number of likely N-dealkylation sites (N-methyl/N-ethyl adjacent to an activating group) is 2. The number of aryl methyl sites for hydroxylation is 2. The summed E-state index contributed by atoms with van der Waals surface area (Å²) in [6.45, 7) is 16.1. The number of methoxy groups -OCH3 is 1. The average molecular weight is 934 g/mol. The number of nitro groups is 1. The van der Waals surface area contributed by atoms with Gasteiger partial charge in [-0.05, 0) is 98.8 Å². The van der Waals surface area contributed by atoms with Crippen LogP contribution in [0, 0.1) is 33.8 Å². The predicted octanol–water partition coefficient (Wildman–Crippen LogP) is 3.74. The Morgan fingerprint density at radius 2 is 1.71 bits per heavy atom. The molecule has 3 heterocycles. The van der Waals surface area contributed by atoms with Crippen LogP contribution in [0.1, 0.15) is 98.8 Å². The Balaban J connectivity index is 1.52. The molecule has 14 atom stereocenters. The number of unbranched alkanes of at least 4 members (excludes halogenated alkanes) is 1. The summed E-state index contributed by atoms with van der Waals surface area (Å²) in [6.07, 6.45) is -0.374. The number of nitrogens with one attached hydrogen (secondary N) is 1. The maximum Gasteiger partial charge on any atom is 0.316 e. The Hall–Kier alpha value is -3.50. The number of hydroxylamine groups is 1. The lowest BCUT2D eigenvalue weighted by Gasteiger charge is -2.48. The number of ketones is 1. The SMILES string of the molecule is CCC1(O)[C@@H](C)OC(=O)[C@H](C)C(=O)[C@H](C)[C@@H](O[C@@H]2O[C@H](C)C[C@H](N(C)CCc3cn(CCCCc4ccc([N+](=O)[O-])cc4)nn3)[C@H]2O)[C@](C)(OC)C[C@@H](C)[C@@H](NOCCN(C)C)[C@@H](C)[C@@H]1O. The largest absolute Gasteiger partial charge is 0.459 e. The first-order chi connectivity index (χ1) is 31.1. The van der Waals surface area contributed by atoms with E-state index in [1.54, 1.807) is 26.0 Å². The number of non-ortho nitro benzene ring substituents is 1. The summed E-state index contributed by atoms with van der Waals surface area (Å²) in [5.74, 6) is -4.53. The second-order valence-corrected chi connectivity index (χ2v) is 19.4. The molecule has 2 saturated heterocycles. The number of esters is 1. The van der Waals surface area contributed by atoms with Gasteiger partial charge in [0.25, 0.3) is 5.69 Å². The quantitative estimate of drug-likeness (QED) is 0.0517. The van der Waals surface area contributed by atoms with Crippen molar-refractivity contribution in [2.75, 3.05) is 47.9 Å². The first-order valence-corrected chi connectivity index (χ1v) is 23.6. The molecule has 2 aromatic rings. The molecule has 0 radical (unpaired) electrons. The monoisotopic (exact) mass is 934 g/mol. The number of Topliss-reactive ketones (excluding diaryl/α,β-unsaturated/α-hetero) is 1. The van der Waals surface area contributed by atoms with Gasteiger partial charge in [0.05, 0.1) is 41.1 Å². The summed E-state index contributed by atoms with van der Waals surface area (Å²) in [5.41, 5.74) is 2.02. The van der Waals surface area contributed by atoms with Crippen molar-refractivity contribution in [3.05, 3.63) is 51.8 Å². The van der Waals surface area contributed by atoms with E-state index in [1.165, 1.54) is 33.1 Å². The van der Waals surface area contributed by atoms with Gasteiger partial charge in [-0.2, -0.15) is 5.48 Å². The van der Waals surface area contributed by atoms with Crippen LogP contribution in [0.15, 0.2) is 30.5 Å². The highest BCUT2D eigenvalue weighted by molar-refractivity contribution is 6.00. The van der Waals surface area contributed by atoms with Crippen molar-refractivity contribution in [1.29, 1.82) is 0 Å². The summed E-state index contributed by atoms with van der Waals surface area (Å²) in [6, 6.07) is 5.66. The van der Waals surface area contributed by atoms with Gasteiger partial charge in [0.15, 0.2) is 12.1 Å². The van der Waals surface area contributed by atoms with Crippen LogP contribution in [-0.2, 0) is 52.8 Å². The molecule has 0 bridgehead atoms. The lowest BCUT2D eigenvalue weighted by Crippen LogP contribution is -2.61. The summed E-state index contributed by atoms with van der Waals surface area (Å²) in [5, 5.41) is 55.5. The van der Waals surface area contributed by atoms with Gasteiger partial charge in [-0.1, -0.05) is 45.0 Å². The second-order valence-electron chi connectivity index (χ2n) is 19.4. The minimum Gasteiger partial charge on any atom is -0.459 e. The van der Waals surface area contributed by atoms with Gasteiger partial charge in [-0.3, -0.25) is 24.4 Å². The molecule has 19 nitrogen and oxygen atoms in total. The number of hydrogen-bond acceptors (Lipinski definition) is 17. The number of aliphatic hydroxyl groups is 3. The van der Waals surface area contributed by atoms with Crippen LogP contribution in [0.25, 0.3) is 0 Å². The van der Waals surface area contributed by atoms with Crippen LogP contribution in [-0.4, -0.2) is 165 Å². The van der Waals surface area contributed by atoms with E-state index in [4.69, 9.17) is 23.8 Å². The summed E-state index contributed by atoms with van der Waals surface area (Å²) in [7, 11) is 7.32. The van der Waals surface area contributed by atoms with Gasteiger partial charge in [0.2, 0.25) is 0 Å². The smallest absolute Gasteiger partial charge is 0.316 e. The number of hydrogen-bond donors (Lipinski definition) is 4. The molecule has 0 spiro atoms. The van der Waals surface area contributed by atoms with Crippen molar-refractivity contribution in [2.24, 2.45) is 23.7 Å². The van der Waals surface area contributed by atoms with Crippen molar-refractivity contribution < 1.29 is 53.6 Å². The van der Waals surface area contributed by atoms with E-state index in [1.807, 2.05) is 64.6 Å². The number of benzene rings is 1. The van der Waals surface area contributed by atoms with E-state index < -0.39 is 88.4 Å². The fourth-order valence-electron chi connectivity index (χ4n) is 9.55. The van der Waals surface area contributed by atoms with E-state index in [0.29, 0.717) is 39.1 Å².